The maximum Gasteiger partial charge on any atom is 0.412 e. The van der Waals surface area contributed by atoms with E-state index in [0.29, 0.717) is 32.8 Å². The van der Waals surface area contributed by atoms with Crippen molar-refractivity contribution in [1.29, 1.82) is 0 Å². The van der Waals surface area contributed by atoms with Crippen molar-refractivity contribution in [2.24, 2.45) is 0 Å². The van der Waals surface area contributed by atoms with Gasteiger partial charge in [-0.3, -0.25) is 4.90 Å². The molecule has 306 valence electrons. The molecule has 57 heavy (non-hydrogen) atoms. The summed E-state index contributed by atoms with van der Waals surface area (Å²) in [6, 6.07) is 39.5. The first-order valence-electron chi connectivity index (χ1n) is 20.0. The first-order valence-corrected chi connectivity index (χ1v) is 20.0. The molecule has 2 saturated heterocycles. The van der Waals surface area contributed by atoms with E-state index < -0.39 is 60.1 Å². The van der Waals surface area contributed by atoms with E-state index in [1.807, 2.05) is 156 Å². The van der Waals surface area contributed by atoms with Crippen molar-refractivity contribution in [1.82, 2.24) is 4.90 Å². The highest BCUT2D eigenvalue weighted by atomic mass is 16.6. The highest BCUT2D eigenvalue weighted by molar-refractivity contribution is 5.70. The van der Waals surface area contributed by atoms with Crippen molar-refractivity contribution in [3.8, 4) is 0 Å². The van der Waals surface area contributed by atoms with Crippen molar-refractivity contribution >= 4 is 6.09 Å². The Kier molecular flexibility index (Phi) is 14.9. The number of carbonyl (C=O) groups is 1. The van der Waals surface area contributed by atoms with Gasteiger partial charge in [-0.15, -0.1) is 0 Å². The lowest BCUT2D eigenvalue weighted by molar-refractivity contribution is -0.274. The van der Waals surface area contributed by atoms with Gasteiger partial charge in [-0.25, -0.2) is 4.79 Å². The summed E-state index contributed by atoms with van der Waals surface area (Å²) < 4.78 is 45.7. The summed E-state index contributed by atoms with van der Waals surface area (Å²) in [6.45, 7) is 10.9. The second-order valence-electron chi connectivity index (χ2n) is 16.3. The van der Waals surface area contributed by atoms with Gasteiger partial charge in [0.2, 0.25) is 0 Å². The third kappa shape index (κ3) is 12.2. The Bertz CT molecular complexity index is 1770. The van der Waals surface area contributed by atoms with Gasteiger partial charge in [0.05, 0.1) is 57.9 Å². The number of hydrogen-bond acceptors (Lipinski definition) is 9. The van der Waals surface area contributed by atoms with E-state index in [1.54, 1.807) is 0 Å². The molecule has 4 aromatic rings. The zero-order valence-corrected chi connectivity index (χ0v) is 33.9. The topological polar surface area (TPSA) is 105 Å². The van der Waals surface area contributed by atoms with Crippen molar-refractivity contribution in [3.05, 3.63) is 144 Å². The summed E-state index contributed by atoms with van der Waals surface area (Å²) in [7, 11) is 0. The lowest BCUT2D eigenvalue weighted by atomic mass is 9.90. The Morgan fingerprint density at radius 2 is 1.14 bits per heavy atom. The highest BCUT2D eigenvalue weighted by Gasteiger charge is 2.51. The third-order valence-electron chi connectivity index (χ3n) is 10.3. The normalized spacial score (nSPS) is 23.9. The molecule has 10 nitrogen and oxygen atoms in total. The summed E-state index contributed by atoms with van der Waals surface area (Å²) in [6.07, 6.45) is -3.60. The van der Waals surface area contributed by atoms with Crippen molar-refractivity contribution in [2.45, 2.75) is 128 Å². The van der Waals surface area contributed by atoms with E-state index in [9.17, 15) is 9.90 Å². The highest BCUT2D eigenvalue weighted by Crippen LogP contribution is 2.36. The van der Waals surface area contributed by atoms with Crippen LogP contribution in [0.25, 0.3) is 0 Å². The largest absolute Gasteiger partial charge is 0.444 e. The number of hydrogen-bond donors (Lipinski definition) is 1. The second-order valence-corrected chi connectivity index (χ2v) is 16.3. The lowest BCUT2D eigenvalue weighted by Gasteiger charge is -2.46. The van der Waals surface area contributed by atoms with Crippen LogP contribution in [0.5, 0.6) is 0 Å². The van der Waals surface area contributed by atoms with Gasteiger partial charge in [0.15, 0.2) is 0 Å². The number of amides is 1. The number of ether oxygens (including phenoxy) is 7. The predicted molar refractivity (Wildman–Crippen MR) is 217 cm³/mol. The first-order chi connectivity index (χ1) is 27.5. The van der Waals surface area contributed by atoms with E-state index in [2.05, 4.69) is 0 Å². The molecule has 2 aliphatic heterocycles. The van der Waals surface area contributed by atoms with Crippen LogP contribution in [0.1, 0.15) is 69.7 Å². The molecule has 0 spiro atoms. The molecule has 0 radical (unpaired) electrons. The van der Waals surface area contributed by atoms with Gasteiger partial charge in [0.1, 0.15) is 35.7 Å². The fourth-order valence-electron chi connectivity index (χ4n) is 7.43. The van der Waals surface area contributed by atoms with Crippen LogP contribution in [0.4, 0.5) is 4.79 Å². The monoisotopic (exact) mass is 781 g/mol. The zero-order valence-electron chi connectivity index (χ0n) is 33.9. The molecule has 1 unspecified atom stereocenters. The molecule has 2 heterocycles. The first kappa shape index (κ1) is 42.5. The Balaban J connectivity index is 1.29. The quantitative estimate of drug-likeness (QED) is 0.113. The maximum absolute atomic E-state index is 13.5. The van der Waals surface area contributed by atoms with Crippen LogP contribution in [0.2, 0.25) is 0 Å². The van der Waals surface area contributed by atoms with Crippen molar-refractivity contribution in [2.75, 3.05) is 13.2 Å². The molecule has 10 heteroatoms. The van der Waals surface area contributed by atoms with Crippen LogP contribution >= 0.6 is 0 Å². The Hall–Kier alpha value is -4.13. The molecule has 1 N–H and O–H groups in total. The number of rotatable bonds is 17. The van der Waals surface area contributed by atoms with E-state index in [1.165, 1.54) is 4.90 Å². The van der Waals surface area contributed by atoms with Crippen molar-refractivity contribution < 1.29 is 43.1 Å². The van der Waals surface area contributed by atoms with E-state index in [4.69, 9.17) is 33.2 Å². The summed E-state index contributed by atoms with van der Waals surface area (Å²) in [4.78, 5) is 15.0. The summed E-state index contributed by atoms with van der Waals surface area (Å²) in [5.41, 5.74) is 2.42. The number of benzene rings is 4. The zero-order chi connectivity index (χ0) is 40.3. The van der Waals surface area contributed by atoms with Gasteiger partial charge in [-0.1, -0.05) is 121 Å². The van der Waals surface area contributed by atoms with Crippen molar-refractivity contribution in [3.63, 3.8) is 0 Å². The maximum atomic E-state index is 13.5. The lowest BCUT2D eigenvalue weighted by Crippen LogP contribution is -2.61. The second kappa shape index (κ2) is 20.0. The molecular weight excluding hydrogens is 723 g/mol. The van der Waals surface area contributed by atoms with Crippen LogP contribution in [0, 0.1) is 0 Å². The Labute approximate surface area is 337 Å². The van der Waals surface area contributed by atoms with Gasteiger partial charge in [0.25, 0.3) is 0 Å². The van der Waals surface area contributed by atoms with Gasteiger partial charge < -0.3 is 38.3 Å². The molecule has 2 aliphatic rings. The number of aliphatic hydroxyl groups is 1. The number of aliphatic hydroxyl groups excluding tert-OH is 1. The summed E-state index contributed by atoms with van der Waals surface area (Å²) in [5.74, 6) is 0. The minimum atomic E-state index is -0.961. The molecule has 4 aromatic carbocycles. The SMILES string of the molecule is CC(C)(C)OC(=O)N1[C@H](C(O)CC[C@@H]2O[C@H](COCc3ccccc3)[C@H](OCc3ccccc3)[C@H](OCc3ccccc3)[C@H]2OCc2ccccc2)COC1(C)C. The molecule has 2 fully saturated rings. The van der Waals surface area contributed by atoms with Gasteiger partial charge in [0, 0.05) is 0 Å². The standard InChI is InChI=1S/C47H59NO9/c1-46(2,3)57-45(50)48-38(32-55-47(48,4)5)39(49)26-27-40-42(52-29-35-20-12-7-13-21-35)44(54-31-37-24-16-9-17-25-37)43(53-30-36-22-14-8-15-23-36)41(56-40)33-51-28-34-18-10-6-11-19-34/h6-25,38-44,49H,26-33H2,1-5H3/t38-,39?,40-,41+,42-,43-,44+/m0/s1. The molecule has 0 saturated carbocycles. The van der Waals surface area contributed by atoms with E-state index >= 15 is 0 Å². The van der Waals surface area contributed by atoms with E-state index in [0.717, 1.165) is 22.3 Å². The van der Waals surface area contributed by atoms with Gasteiger partial charge >= 0.3 is 6.09 Å². The Morgan fingerprint density at radius 3 is 1.61 bits per heavy atom. The van der Waals surface area contributed by atoms with E-state index in [-0.39, 0.29) is 19.6 Å². The van der Waals surface area contributed by atoms with Gasteiger partial charge in [-0.2, -0.15) is 0 Å². The van der Waals surface area contributed by atoms with Crippen LogP contribution in [-0.4, -0.2) is 83.3 Å². The molecule has 0 bridgehead atoms. The van der Waals surface area contributed by atoms with Crippen LogP contribution in [0.15, 0.2) is 121 Å². The fraction of sp³-hybridized carbons (Fsp3) is 0.468. The number of nitrogens with zero attached hydrogens (tertiary/aromatic N) is 1. The summed E-state index contributed by atoms with van der Waals surface area (Å²) in [5, 5.41) is 11.8. The molecular formula is C47H59NO9. The summed E-state index contributed by atoms with van der Waals surface area (Å²) >= 11 is 0. The molecule has 1 amide bonds. The minimum absolute atomic E-state index is 0.168. The Morgan fingerprint density at radius 1 is 0.702 bits per heavy atom. The molecule has 0 aromatic heterocycles. The van der Waals surface area contributed by atoms with Gasteiger partial charge in [-0.05, 0) is 69.7 Å². The van der Waals surface area contributed by atoms with Crippen LogP contribution in [0.3, 0.4) is 0 Å². The van der Waals surface area contributed by atoms with Crippen LogP contribution < -0.4 is 0 Å². The van der Waals surface area contributed by atoms with Crippen LogP contribution in [-0.2, 0) is 59.6 Å². The average Bonchev–Trinajstić information content (AvgIpc) is 3.53. The third-order valence-corrected chi connectivity index (χ3v) is 10.3. The minimum Gasteiger partial charge on any atom is -0.444 e. The molecule has 7 atom stereocenters. The predicted octanol–water partition coefficient (Wildman–Crippen LogP) is 8.24. The average molecular weight is 782 g/mol. The fourth-order valence-corrected chi connectivity index (χ4v) is 7.43. The molecule has 0 aliphatic carbocycles. The number of carbonyl (C=O) groups excluding carboxylic acids is 1. The smallest absolute Gasteiger partial charge is 0.412 e. The molecule has 6 rings (SSSR count).